The summed E-state index contributed by atoms with van der Waals surface area (Å²) in [4.78, 5) is 22.5. The van der Waals surface area contributed by atoms with Gasteiger partial charge in [0.2, 0.25) is 0 Å². The standard InChI is InChI=1S/C15H21NO4/c1-3-12-4-6-13(7-5-12)8-9-15(16,10-17)14(19)20-11(2)18/h4-7,17H,3,8-10,16H2,1-2H3. The second-order valence-corrected chi connectivity index (χ2v) is 4.87. The molecule has 0 aliphatic rings. The maximum atomic E-state index is 11.7. The van der Waals surface area contributed by atoms with E-state index in [0.29, 0.717) is 6.42 Å². The third-order valence-corrected chi connectivity index (χ3v) is 3.22. The van der Waals surface area contributed by atoms with Crippen LogP contribution < -0.4 is 5.73 Å². The van der Waals surface area contributed by atoms with Crippen molar-refractivity contribution in [2.24, 2.45) is 5.73 Å². The summed E-state index contributed by atoms with van der Waals surface area (Å²) in [5.41, 5.74) is 6.51. The van der Waals surface area contributed by atoms with E-state index in [1.165, 1.54) is 5.56 Å². The minimum absolute atomic E-state index is 0.209. The fraction of sp³-hybridized carbons (Fsp3) is 0.467. The SMILES string of the molecule is CCc1ccc(CCC(N)(CO)C(=O)OC(C)=O)cc1. The minimum atomic E-state index is -1.55. The molecule has 1 unspecified atom stereocenters. The number of ether oxygens (including phenoxy) is 1. The third kappa shape index (κ3) is 4.43. The van der Waals surface area contributed by atoms with Gasteiger partial charge in [-0.3, -0.25) is 4.79 Å². The van der Waals surface area contributed by atoms with Crippen molar-refractivity contribution in [1.82, 2.24) is 0 Å². The molecule has 1 atom stereocenters. The maximum absolute atomic E-state index is 11.7. The second-order valence-electron chi connectivity index (χ2n) is 4.87. The van der Waals surface area contributed by atoms with Gasteiger partial charge in [-0.05, 0) is 30.4 Å². The van der Waals surface area contributed by atoms with Gasteiger partial charge in [0, 0.05) is 6.92 Å². The Kier molecular flexibility index (Phi) is 5.85. The number of carbonyl (C=O) groups is 2. The van der Waals surface area contributed by atoms with E-state index in [9.17, 15) is 14.7 Å². The molecule has 1 aromatic carbocycles. The van der Waals surface area contributed by atoms with Crippen molar-refractivity contribution in [2.45, 2.75) is 38.6 Å². The van der Waals surface area contributed by atoms with E-state index in [0.717, 1.165) is 18.9 Å². The molecular formula is C15H21NO4. The quantitative estimate of drug-likeness (QED) is 0.598. The van der Waals surface area contributed by atoms with E-state index >= 15 is 0 Å². The zero-order valence-electron chi connectivity index (χ0n) is 11.9. The van der Waals surface area contributed by atoms with Crippen LogP contribution in [0.1, 0.15) is 31.4 Å². The molecule has 0 bridgehead atoms. The van der Waals surface area contributed by atoms with E-state index in [-0.39, 0.29) is 6.42 Å². The van der Waals surface area contributed by atoms with Gasteiger partial charge in [0.05, 0.1) is 6.61 Å². The zero-order chi connectivity index (χ0) is 15.2. The Bertz CT molecular complexity index is 469. The van der Waals surface area contributed by atoms with Crippen molar-refractivity contribution in [3.05, 3.63) is 35.4 Å². The molecule has 0 amide bonds. The fourth-order valence-corrected chi connectivity index (χ4v) is 1.79. The molecule has 0 spiro atoms. The molecule has 5 nitrogen and oxygen atoms in total. The van der Waals surface area contributed by atoms with Crippen LogP contribution in [0.25, 0.3) is 0 Å². The second kappa shape index (κ2) is 7.17. The summed E-state index contributed by atoms with van der Waals surface area (Å²) in [5.74, 6) is -1.62. The number of nitrogens with two attached hydrogens (primary N) is 1. The van der Waals surface area contributed by atoms with Gasteiger partial charge < -0.3 is 15.6 Å². The lowest BCUT2D eigenvalue weighted by Crippen LogP contribution is -2.53. The molecule has 20 heavy (non-hydrogen) atoms. The number of rotatable bonds is 6. The van der Waals surface area contributed by atoms with Crippen molar-refractivity contribution in [1.29, 1.82) is 0 Å². The van der Waals surface area contributed by atoms with Gasteiger partial charge >= 0.3 is 11.9 Å². The third-order valence-electron chi connectivity index (χ3n) is 3.22. The number of carbonyl (C=O) groups excluding carboxylic acids is 2. The van der Waals surface area contributed by atoms with Crippen molar-refractivity contribution >= 4 is 11.9 Å². The summed E-state index contributed by atoms with van der Waals surface area (Å²) in [6.45, 7) is 2.63. The number of esters is 2. The highest BCUT2D eigenvalue weighted by Gasteiger charge is 2.35. The molecular weight excluding hydrogens is 258 g/mol. The van der Waals surface area contributed by atoms with Crippen molar-refractivity contribution in [2.75, 3.05) is 6.61 Å². The lowest BCUT2D eigenvalue weighted by atomic mass is 9.93. The van der Waals surface area contributed by atoms with Crippen LogP contribution >= 0.6 is 0 Å². The van der Waals surface area contributed by atoms with Gasteiger partial charge in [0.1, 0.15) is 5.54 Å². The summed E-state index contributed by atoms with van der Waals surface area (Å²) in [6, 6.07) is 7.96. The van der Waals surface area contributed by atoms with Crippen LogP contribution in [0.2, 0.25) is 0 Å². The van der Waals surface area contributed by atoms with Crippen molar-refractivity contribution in [3.8, 4) is 0 Å². The van der Waals surface area contributed by atoms with Gasteiger partial charge in [-0.15, -0.1) is 0 Å². The Balaban J connectivity index is 2.67. The van der Waals surface area contributed by atoms with E-state index in [1.807, 2.05) is 24.3 Å². The normalized spacial score (nSPS) is 13.6. The summed E-state index contributed by atoms with van der Waals surface area (Å²) in [7, 11) is 0. The van der Waals surface area contributed by atoms with Crippen LogP contribution in [0.3, 0.4) is 0 Å². The van der Waals surface area contributed by atoms with E-state index < -0.39 is 24.1 Å². The molecule has 0 fully saturated rings. The molecule has 0 saturated carbocycles. The van der Waals surface area contributed by atoms with Crippen LogP contribution in [0.4, 0.5) is 0 Å². The van der Waals surface area contributed by atoms with E-state index in [2.05, 4.69) is 11.7 Å². The number of benzene rings is 1. The topological polar surface area (TPSA) is 89.6 Å². The minimum Gasteiger partial charge on any atom is -0.394 e. The van der Waals surface area contributed by atoms with Crippen molar-refractivity contribution in [3.63, 3.8) is 0 Å². The first-order chi connectivity index (χ1) is 9.41. The first-order valence-corrected chi connectivity index (χ1v) is 6.61. The highest BCUT2D eigenvalue weighted by Crippen LogP contribution is 2.15. The first kappa shape index (κ1) is 16.3. The number of hydrogen-bond donors (Lipinski definition) is 2. The van der Waals surface area contributed by atoms with Gasteiger partial charge in [0.15, 0.2) is 0 Å². The highest BCUT2D eigenvalue weighted by atomic mass is 16.6. The smallest absolute Gasteiger partial charge is 0.336 e. The summed E-state index contributed by atoms with van der Waals surface area (Å²) >= 11 is 0. The van der Waals surface area contributed by atoms with Crippen molar-refractivity contribution < 1.29 is 19.4 Å². The van der Waals surface area contributed by atoms with Gasteiger partial charge in [-0.2, -0.15) is 0 Å². The molecule has 0 aromatic heterocycles. The molecule has 0 heterocycles. The Morgan fingerprint density at radius 2 is 1.80 bits per heavy atom. The number of hydrogen-bond acceptors (Lipinski definition) is 5. The van der Waals surface area contributed by atoms with Crippen LogP contribution in [-0.4, -0.2) is 29.2 Å². The number of aliphatic hydroxyl groups excluding tert-OH is 1. The van der Waals surface area contributed by atoms with Crippen LogP contribution in [0, 0.1) is 0 Å². The van der Waals surface area contributed by atoms with E-state index in [1.54, 1.807) is 0 Å². The Morgan fingerprint density at radius 3 is 2.25 bits per heavy atom. The molecule has 0 radical (unpaired) electrons. The average molecular weight is 279 g/mol. The molecule has 1 aromatic rings. The summed E-state index contributed by atoms with van der Waals surface area (Å²) in [6.07, 6.45) is 1.69. The van der Waals surface area contributed by atoms with Crippen LogP contribution in [-0.2, 0) is 27.2 Å². The predicted molar refractivity (Wildman–Crippen MR) is 74.9 cm³/mol. The first-order valence-electron chi connectivity index (χ1n) is 6.61. The summed E-state index contributed by atoms with van der Waals surface area (Å²) in [5, 5.41) is 9.29. The number of aryl methyl sites for hydroxylation is 2. The van der Waals surface area contributed by atoms with Gasteiger partial charge in [0.25, 0.3) is 0 Å². The zero-order valence-corrected chi connectivity index (χ0v) is 11.9. The average Bonchev–Trinajstić information content (AvgIpc) is 2.44. The summed E-state index contributed by atoms with van der Waals surface area (Å²) < 4.78 is 4.47. The molecule has 5 heteroatoms. The molecule has 3 N–H and O–H groups in total. The van der Waals surface area contributed by atoms with E-state index in [4.69, 9.17) is 5.73 Å². The number of aliphatic hydroxyl groups is 1. The molecule has 0 aliphatic carbocycles. The molecule has 110 valence electrons. The van der Waals surface area contributed by atoms with Gasteiger partial charge in [-0.1, -0.05) is 31.2 Å². The highest BCUT2D eigenvalue weighted by molar-refractivity contribution is 5.90. The Labute approximate surface area is 118 Å². The lowest BCUT2D eigenvalue weighted by Gasteiger charge is -2.24. The Hall–Kier alpha value is -1.72. The Morgan fingerprint density at radius 1 is 1.25 bits per heavy atom. The largest absolute Gasteiger partial charge is 0.394 e. The fourth-order valence-electron chi connectivity index (χ4n) is 1.79. The van der Waals surface area contributed by atoms with Crippen LogP contribution in [0.15, 0.2) is 24.3 Å². The lowest BCUT2D eigenvalue weighted by molar-refractivity contribution is -0.163. The monoisotopic (exact) mass is 279 g/mol. The predicted octanol–water partition coefficient (Wildman–Crippen LogP) is 0.961. The molecule has 0 saturated heterocycles. The molecule has 0 aliphatic heterocycles. The maximum Gasteiger partial charge on any atom is 0.336 e. The molecule has 1 rings (SSSR count). The van der Waals surface area contributed by atoms with Crippen LogP contribution in [0.5, 0.6) is 0 Å². The van der Waals surface area contributed by atoms with Gasteiger partial charge in [-0.25, -0.2) is 4.79 Å².